The van der Waals surface area contributed by atoms with E-state index in [0.29, 0.717) is 12.1 Å². The highest BCUT2D eigenvalue weighted by Crippen LogP contribution is 2.34. The SMILES string of the molecule is CC(C)(C)C(OC(=O)N1C2CCC1CNC2)OC1CC1. The first-order valence-corrected chi connectivity index (χ1v) is 7.80. The molecule has 3 aliphatic rings. The van der Waals surface area contributed by atoms with Crippen LogP contribution < -0.4 is 5.32 Å². The smallest absolute Gasteiger partial charge is 0.412 e. The van der Waals surface area contributed by atoms with Gasteiger partial charge in [-0.1, -0.05) is 20.8 Å². The Labute approximate surface area is 121 Å². The van der Waals surface area contributed by atoms with Crippen LogP contribution in [0.25, 0.3) is 0 Å². The fourth-order valence-electron chi connectivity index (χ4n) is 3.02. The molecule has 0 aromatic carbocycles. The molecule has 2 heterocycles. The van der Waals surface area contributed by atoms with Gasteiger partial charge in [0, 0.05) is 30.6 Å². The third kappa shape index (κ3) is 2.93. The zero-order valence-corrected chi connectivity index (χ0v) is 12.7. The molecule has 2 saturated heterocycles. The summed E-state index contributed by atoms with van der Waals surface area (Å²) >= 11 is 0. The standard InChI is InChI=1S/C15H26N2O3/c1-15(2,3)13(19-12-6-7-12)20-14(18)17-10-4-5-11(17)9-16-8-10/h10-13,16H,4-9H2,1-3H3. The van der Waals surface area contributed by atoms with Gasteiger partial charge < -0.3 is 14.8 Å². The summed E-state index contributed by atoms with van der Waals surface area (Å²) in [5, 5.41) is 3.38. The van der Waals surface area contributed by atoms with Gasteiger partial charge in [0.05, 0.1) is 6.10 Å². The third-order valence-corrected chi connectivity index (χ3v) is 4.35. The molecule has 1 saturated carbocycles. The highest BCUT2D eigenvalue weighted by molar-refractivity contribution is 5.69. The van der Waals surface area contributed by atoms with Crippen LogP contribution in [0.15, 0.2) is 0 Å². The molecule has 0 aromatic rings. The second kappa shape index (κ2) is 5.19. The highest BCUT2D eigenvalue weighted by atomic mass is 16.7. The van der Waals surface area contributed by atoms with Gasteiger partial charge in [-0.2, -0.15) is 0 Å². The molecule has 5 heteroatoms. The van der Waals surface area contributed by atoms with E-state index in [1.54, 1.807) is 0 Å². The lowest BCUT2D eigenvalue weighted by molar-refractivity contribution is -0.174. The molecule has 3 rings (SSSR count). The molecule has 3 fully saturated rings. The number of amides is 1. The summed E-state index contributed by atoms with van der Waals surface area (Å²) in [5.74, 6) is 0. The summed E-state index contributed by atoms with van der Waals surface area (Å²) in [6.07, 6.45) is 3.97. The number of rotatable bonds is 3. The lowest BCUT2D eigenvalue weighted by Crippen LogP contribution is -2.55. The molecule has 1 amide bonds. The summed E-state index contributed by atoms with van der Waals surface area (Å²) < 4.78 is 11.6. The predicted molar refractivity (Wildman–Crippen MR) is 75.3 cm³/mol. The molecule has 0 spiro atoms. The van der Waals surface area contributed by atoms with Crippen LogP contribution in [0.3, 0.4) is 0 Å². The molecule has 2 aliphatic heterocycles. The number of fused-ring (bicyclic) bond motifs is 2. The van der Waals surface area contributed by atoms with Crippen LogP contribution in [0.5, 0.6) is 0 Å². The molecule has 1 aliphatic carbocycles. The Hall–Kier alpha value is -0.810. The van der Waals surface area contributed by atoms with Crippen LogP contribution in [0.4, 0.5) is 4.79 Å². The topological polar surface area (TPSA) is 50.8 Å². The average molecular weight is 282 g/mol. The van der Waals surface area contributed by atoms with Gasteiger partial charge >= 0.3 is 6.09 Å². The number of carbonyl (C=O) groups excluding carboxylic acids is 1. The fourth-order valence-corrected chi connectivity index (χ4v) is 3.02. The minimum atomic E-state index is -0.447. The van der Waals surface area contributed by atoms with E-state index in [4.69, 9.17) is 9.47 Å². The first-order valence-electron chi connectivity index (χ1n) is 7.80. The van der Waals surface area contributed by atoms with Crippen LogP contribution >= 0.6 is 0 Å². The minimum absolute atomic E-state index is 0.189. The zero-order chi connectivity index (χ0) is 14.3. The number of carbonyl (C=O) groups is 1. The van der Waals surface area contributed by atoms with E-state index in [9.17, 15) is 4.79 Å². The molecule has 1 N–H and O–H groups in total. The molecule has 114 valence electrons. The van der Waals surface area contributed by atoms with Crippen molar-refractivity contribution < 1.29 is 14.3 Å². The van der Waals surface area contributed by atoms with E-state index in [1.165, 1.54) is 0 Å². The molecular weight excluding hydrogens is 256 g/mol. The lowest BCUT2D eigenvalue weighted by Gasteiger charge is -2.37. The van der Waals surface area contributed by atoms with Crippen molar-refractivity contribution in [2.24, 2.45) is 5.41 Å². The summed E-state index contributed by atoms with van der Waals surface area (Å²) in [4.78, 5) is 14.4. The van der Waals surface area contributed by atoms with E-state index in [0.717, 1.165) is 38.8 Å². The number of piperazine rings is 1. The van der Waals surface area contributed by atoms with Crippen LogP contribution in [-0.4, -0.2) is 48.6 Å². The molecular formula is C15H26N2O3. The van der Waals surface area contributed by atoms with Crippen molar-refractivity contribution in [2.45, 2.75) is 70.9 Å². The van der Waals surface area contributed by atoms with Crippen LogP contribution in [-0.2, 0) is 9.47 Å². The summed E-state index contributed by atoms with van der Waals surface area (Å²) in [5.41, 5.74) is -0.189. The molecule has 3 atom stereocenters. The normalized spacial score (nSPS) is 31.2. The summed E-state index contributed by atoms with van der Waals surface area (Å²) in [7, 11) is 0. The largest absolute Gasteiger partial charge is 0.419 e. The van der Waals surface area contributed by atoms with Crippen molar-refractivity contribution in [2.75, 3.05) is 13.1 Å². The summed E-state index contributed by atoms with van der Waals surface area (Å²) in [6, 6.07) is 0.589. The molecule has 0 radical (unpaired) electrons. The number of nitrogens with zero attached hydrogens (tertiary/aromatic N) is 1. The monoisotopic (exact) mass is 282 g/mol. The van der Waals surface area contributed by atoms with Crippen LogP contribution in [0, 0.1) is 5.41 Å². The van der Waals surface area contributed by atoms with E-state index < -0.39 is 6.29 Å². The molecule has 2 bridgehead atoms. The third-order valence-electron chi connectivity index (χ3n) is 4.35. The number of hydrogen-bond acceptors (Lipinski definition) is 4. The number of hydrogen-bond donors (Lipinski definition) is 1. The van der Waals surface area contributed by atoms with Gasteiger partial charge in [-0.05, 0) is 25.7 Å². The van der Waals surface area contributed by atoms with Crippen LogP contribution in [0.1, 0.15) is 46.5 Å². The Morgan fingerprint density at radius 2 is 1.75 bits per heavy atom. The van der Waals surface area contributed by atoms with Crippen molar-refractivity contribution in [3.05, 3.63) is 0 Å². The Balaban J connectivity index is 1.63. The Kier molecular flexibility index (Phi) is 3.67. The molecule has 20 heavy (non-hydrogen) atoms. The maximum atomic E-state index is 12.5. The minimum Gasteiger partial charge on any atom is -0.419 e. The van der Waals surface area contributed by atoms with Crippen LogP contribution in [0.2, 0.25) is 0 Å². The van der Waals surface area contributed by atoms with Crippen molar-refractivity contribution in [1.29, 1.82) is 0 Å². The maximum Gasteiger partial charge on any atom is 0.412 e. The lowest BCUT2D eigenvalue weighted by atomic mass is 9.96. The van der Waals surface area contributed by atoms with Crippen molar-refractivity contribution in [3.8, 4) is 0 Å². The summed E-state index contributed by atoms with van der Waals surface area (Å²) in [6.45, 7) is 7.93. The molecule has 3 unspecified atom stereocenters. The van der Waals surface area contributed by atoms with Crippen molar-refractivity contribution in [1.82, 2.24) is 10.2 Å². The molecule has 0 aromatic heterocycles. The van der Waals surface area contributed by atoms with Crippen molar-refractivity contribution in [3.63, 3.8) is 0 Å². The Morgan fingerprint density at radius 1 is 1.15 bits per heavy atom. The second-order valence-corrected chi connectivity index (χ2v) is 7.37. The fraction of sp³-hybridized carbons (Fsp3) is 0.933. The van der Waals surface area contributed by atoms with E-state index >= 15 is 0 Å². The number of nitrogens with one attached hydrogen (secondary N) is 1. The van der Waals surface area contributed by atoms with E-state index in [-0.39, 0.29) is 17.6 Å². The molecule has 5 nitrogen and oxygen atoms in total. The quantitative estimate of drug-likeness (QED) is 0.806. The van der Waals surface area contributed by atoms with Gasteiger partial charge in [0.1, 0.15) is 0 Å². The first kappa shape index (κ1) is 14.1. The Morgan fingerprint density at radius 3 is 2.25 bits per heavy atom. The Bertz CT molecular complexity index is 360. The highest BCUT2D eigenvalue weighted by Gasteiger charge is 2.43. The van der Waals surface area contributed by atoms with Gasteiger partial charge in [-0.25, -0.2) is 4.79 Å². The number of ether oxygens (including phenoxy) is 2. The van der Waals surface area contributed by atoms with E-state index in [2.05, 4.69) is 26.1 Å². The predicted octanol–water partition coefficient (Wildman–Crippen LogP) is 2.11. The van der Waals surface area contributed by atoms with E-state index in [1.807, 2.05) is 4.90 Å². The second-order valence-electron chi connectivity index (χ2n) is 7.37. The van der Waals surface area contributed by atoms with Gasteiger partial charge in [-0.3, -0.25) is 4.90 Å². The van der Waals surface area contributed by atoms with Crippen molar-refractivity contribution >= 4 is 6.09 Å². The maximum absolute atomic E-state index is 12.5. The van der Waals surface area contributed by atoms with Gasteiger partial charge in [0.25, 0.3) is 0 Å². The first-order chi connectivity index (χ1) is 9.45. The van der Waals surface area contributed by atoms with Gasteiger partial charge in [-0.15, -0.1) is 0 Å². The average Bonchev–Trinajstić information content (AvgIpc) is 3.14. The van der Waals surface area contributed by atoms with Gasteiger partial charge in [0.2, 0.25) is 6.29 Å². The zero-order valence-electron chi connectivity index (χ0n) is 12.7. The van der Waals surface area contributed by atoms with Gasteiger partial charge in [0.15, 0.2) is 0 Å².